The van der Waals surface area contributed by atoms with E-state index in [1.54, 1.807) is 24.3 Å². The van der Waals surface area contributed by atoms with Gasteiger partial charge in [0.25, 0.3) is 10.1 Å². The summed E-state index contributed by atoms with van der Waals surface area (Å²) in [6.07, 6.45) is 8.50. The quantitative estimate of drug-likeness (QED) is 0.671. The van der Waals surface area contributed by atoms with E-state index in [0.29, 0.717) is 13.0 Å². The highest BCUT2D eigenvalue weighted by atomic mass is 32.2. The normalized spacial score (nSPS) is 36.4. The van der Waals surface area contributed by atoms with E-state index in [0.717, 1.165) is 29.2 Å². The zero-order chi connectivity index (χ0) is 19.4. The first kappa shape index (κ1) is 18.6. The van der Waals surface area contributed by atoms with Crippen LogP contribution in [0.25, 0.3) is 0 Å². The van der Waals surface area contributed by atoms with Gasteiger partial charge in [-0.15, -0.1) is 0 Å². The van der Waals surface area contributed by atoms with Crippen LogP contribution in [0.5, 0.6) is 0 Å². The van der Waals surface area contributed by atoms with E-state index in [1.807, 2.05) is 6.92 Å². The van der Waals surface area contributed by atoms with Gasteiger partial charge in [0.05, 0.1) is 17.5 Å². The van der Waals surface area contributed by atoms with E-state index in [-0.39, 0.29) is 23.0 Å². The average molecular weight is 404 g/mol. The zero-order valence-corrected chi connectivity index (χ0v) is 17.3. The van der Waals surface area contributed by atoms with Crippen molar-refractivity contribution in [1.82, 2.24) is 0 Å². The summed E-state index contributed by atoms with van der Waals surface area (Å²) in [5.74, 6) is 3.55. The lowest BCUT2D eigenvalue weighted by atomic mass is 9.49. The Hall–Kier alpha value is -1.40. The lowest BCUT2D eigenvalue weighted by Crippen LogP contribution is -2.50. The first-order chi connectivity index (χ1) is 13.4. The van der Waals surface area contributed by atoms with Crippen molar-refractivity contribution in [2.75, 3.05) is 13.2 Å². The van der Waals surface area contributed by atoms with Crippen molar-refractivity contribution in [2.24, 2.45) is 28.2 Å². The SMILES string of the molecule is Cc1ccc(S(=O)(=O)OCC[C@H]2COC(C34CC5CC(CC(C5)C3)C4)=N2)cc1. The number of ether oxygens (including phenoxy) is 1. The number of benzene rings is 1. The molecule has 1 aromatic rings. The molecular formula is C22H29NO4S. The molecule has 0 aromatic heterocycles. The van der Waals surface area contributed by atoms with Gasteiger partial charge in [0, 0.05) is 5.41 Å². The van der Waals surface area contributed by atoms with Crippen LogP contribution in [0.3, 0.4) is 0 Å². The van der Waals surface area contributed by atoms with Crippen LogP contribution in [-0.4, -0.2) is 33.6 Å². The molecule has 0 unspecified atom stereocenters. The Morgan fingerprint density at radius 2 is 1.68 bits per heavy atom. The molecule has 1 heterocycles. The summed E-state index contributed by atoms with van der Waals surface area (Å²) >= 11 is 0. The van der Waals surface area contributed by atoms with E-state index in [2.05, 4.69) is 0 Å². The van der Waals surface area contributed by atoms with Crippen molar-refractivity contribution in [2.45, 2.75) is 62.8 Å². The summed E-state index contributed by atoms with van der Waals surface area (Å²) in [5, 5.41) is 0. The van der Waals surface area contributed by atoms with Crippen molar-refractivity contribution < 1.29 is 17.3 Å². The molecule has 0 N–H and O–H groups in total. The van der Waals surface area contributed by atoms with Gasteiger partial charge in [-0.25, -0.2) is 4.99 Å². The molecule has 4 aliphatic carbocycles. The maximum Gasteiger partial charge on any atom is 0.296 e. The second-order valence-corrected chi connectivity index (χ2v) is 11.1. The van der Waals surface area contributed by atoms with Gasteiger partial charge in [-0.2, -0.15) is 8.42 Å². The van der Waals surface area contributed by atoms with E-state index in [1.165, 1.54) is 38.5 Å². The Kier molecular flexibility index (Phi) is 4.55. The fraction of sp³-hybridized carbons (Fsp3) is 0.682. The molecule has 152 valence electrons. The second-order valence-electron chi connectivity index (χ2n) is 9.47. The van der Waals surface area contributed by atoms with Gasteiger partial charge < -0.3 is 4.74 Å². The average Bonchev–Trinajstić information content (AvgIpc) is 3.11. The zero-order valence-electron chi connectivity index (χ0n) is 16.5. The van der Waals surface area contributed by atoms with Gasteiger partial charge >= 0.3 is 0 Å². The molecule has 0 radical (unpaired) electrons. The molecule has 1 aromatic carbocycles. The predicted octanol–water partition coefficient (Wildman–Crippen LogP) is 4.10. The highest BCUT2D eigenvalue weighted by Gasteiger charge is 2.55. The maximum atomic E-state index is 12.3. The summed E-state index contributed by atoms with van der Waals surface area (Å²) in [4.78, 5) is 5.11. The Labute approximate surface area is 167 Å². The predicted molar refractivity (Wildman–Crippen MR) is 107 cm³/mol. The number of nitrogens with zero attached hydrogens (tertiary/aromatic N) is 1. The Bertz CT molecular complexity index is 839. The molecule has 1 atom stereocenters. The van der Waals surface area contributed by atoms with Crippen LogP contribution in [0.2, 0.25) is 0 Å². The van der Waals surface area contributed by atoms with Crippen LogP contribution in [0, 0.1) is 30.1 Å². The first-order valence-corrected chi connectivity index (χ1v) is 12.0. The van der Waals surface area contributed by atoms with Crippen molar-refractivity contribution in [3.63, 3.8) is 0 Å². The molecule has 4 fully saturated rings. The van der Waals surface area contributed by atoms with E-state index >= 15 is 0 Å². The molecule has 0 amide bonds. The highest BCUT2D eigenvalue weighted by molar-refractivity contribution is 7.86. The minimum Gasteiger partial charge on any atom is -0.478 e. The third-order valence-corrected chi connectivity index (χ3v) is 8.53. The number of aliphatic imine (C=N–C) groups is 1. The number of aryl methyl sites for hydroxylation is 1. The lowest BCUT2D eigenvalue weighted by Gasteiger charge is -2.56. The van der Waals surface area contributed by atoms with E-state index in [4.69, 9.17) is 13.9 Å². The topological polar surface area (TPSA) is 65.0 Å². The second kappa shape index (κ2) is 6.84. The van der Waals surface area contributed by atoms with Crippen molar-refractivity contribution >= 4 is 16.0 Å². The van der Waals surface area contributed by atoms with E-state index in [9.17, 15) is 8.42 Å². The first-order valence-electron chi connectivity index (χ1n) is 10.6. The standard InChI is InChI=1S/C22H29NO4S/c1-15-2-4-20(5-3-15)28(24,25)27-7-6-19-14-26-21(23-19)22-11-16-8-17(12-22)10-18(9-16)13-22/h2-5,16-19H,6-14H2,1H3/t16?,17?,18?,19-,22?/m0/s1. The number of rotatable bonds is 6. The summed E-state index contributed by atoms with van der Waals surface area (Å²) in [5.41, 5.74) is 1.20. The van der Waals surface area contributed by atoms with Gasteiger partial charge in [0.15, 0.2) is 5.90 Å². The Balaban J connectivity index is 1.20. The molecule has 6 heteroatoms. The molecule has 1 aliphatic heterocycles. The minimum atomic E-state index is -3.71. The molecule has 6 rings (SSSR count). The third-order valence-electron chi connectivity index (χ3n) is 7.20. The molecule has 4 bridgehead atoms. The lowest BCUT2D eigenvalue weighted by molar-refractivity contribution is -0.0226. The van der Waals surface area contributed by atoms with Crippen molar-refractivity contribution in [1.29, 1.82) is 0 Å². The molecule has 4 saturated carbocycles. The third kappa shape index (κ3) is 3.39. The summed E-state index contributed by atoms with van der Waals surface area (Å²) in [6, 6.07) is 6.75. The maximum absolute atomic E-state index is 12.3. The number of hydrogen-bond donors (Lipinski definition) is 0. The Morgan fingerprint density at radius 3 is 2.29 bits per heavy atom. The van der Waals surface area contributed by atoms with Crippen molar-refractivity contribution in [3.05, 3.63) is 29.8 Å². The monoisotopic (exact) mass is 403 g/mol. The number of hydrogen-bond acceptors (Lipinski definition) is 5. The molecule has 5 nitrogen and oxygen atoms in total. The fourth-order valence-corrected chi connectivity index (χ4v) is 7.21. The van der Waals surface area contributed by atoms with Gasteiger partial charge in [-0.1, -0.05) is 17.7 Å². The Morgan fingerprint density at radius 1 is 1.07 bits per heavy atom. The molecule has 0 saturated heterocycles. The van der Waals surface area contributed by atoms with Crippen LogP contribution >= 0.6 is 0 Å². The molecule has 28 heavy (non-hydrogen) atoms. The summed E-state index contributed by atoms with van der Waals surface area (Å²) < 4.78 is 36.0. The van der Waals surface area contributed by atoms with Crippen LogP contribution in [0.4, 0.5) is 0 Å². The van der Waals surface area contributed by atoms with Gasteiger partial charge in [0.1, 0.15) is 6.61 Å². The summed E-state index contributed by atoms with van der Waals surface area (Å²) in [7, 11) is -3.71. The molecule has 5 aliphatic rings. The fourth-order valence-electron chi connectivity index (χ4n) is 6.29. The van der Waals surface area contributed by atoms with Gasteiger partial charge in [-0.3, -0.25) is 4.18 Å². The van der Waals surface area contributed by atoms with Crippen LogP contribution in [-0.2, 0) is 19.0 Å². The smallest absolute Gasteiger partial charge is 0.296 e. The van der Waals surface area contributed by atoms with Crippen LogP contribution < -0.4 is 0 Å². The van der Waals surface area contributed by atoms with Gasteiger partial charge in [0.2, 0.25) is 0 Å². The minimum absolute atomic E-state index is 0.0104. The highest BCUT2D eigenvalue weighted by Crippen LogP contribution is 2.61. The van der Waals surface area contributed by atoms with E-state index < -0.39 is 10.1 Å². The largest absolute Gasteiger partial charge is 0.478 e. The molecular weight excluding hydrogens is 374 g/mol. The van der Waals surface area contributed by atoms with Crippen molar-refractivity contribution in [3.8, 4) is 0 Å². The van der Waals surface area contributed by atoms with Gasteiger partial charge in [-0.05, 0) is 81.8 Å². The molecule has 0 spiro atoms. The summed E-state index contributed by atoms with van der Waals surface area (Å²) in [6.45, 7) is 2.63. The van der Waals surface area contributed by atoms with Crippen LogP contribution in [0.1, 0.15) is 50.5 Å². The van der Waals surface area contributed by atoms with Crippen LogP contribution in [0.15, 0.2) is 34.2 Å².